The second kappa shape index (κ2) is 8.47. The summed E-state index contributed by atoms with van der Waals surface area (Å²) in [5.41, 5.74) is -0.544. The molecule has 0 spiro atoms. The van der Waals surface area contributed by atoms with Crippen LogP contribution >= 0.6 is 12.4 Å². The van der Waals surface area contributed by atoms with Crippen molar-refractivity contribution in [3.63, 3.8) is 0 Å². The van der Waals surface area contributed by atoms with Gasteiger partial charge in [0.15, 0.2) is 16.4 Å². The fourth-order valence-electron chi connectivity index (χ4n) is 2.15. The van der Waals surface area contributed by atoms with E-state index in [1.54, 1.807) is 0 Å². The Hall–Kier alpha value is -1.62. The van der Waals surface area contributed by atoms with Gasteiger partial charge in [-0.1, -0.05) is 6.92 Å². The lowest BCUT2D eigenvalue weighted by Crippen LogP contribution is -2.38. The standard InChI is InChI=1S/C13H19N3O6S.ClH/c1-3-14-9(2)8-15-23(19,20)13-7-12-11(21-4-5-22-12)6-10(13)16(17)18;/h6-7,9,14-15H,3-5,8H2,1-2H3;1H/t9-;/m1./s1. The molecule has 1 aliphatic rings. The normalized spacial score (nSPS) is 14.6. The minimum absolute atomic E-state index is 0. The molecule has 136 valence electrons. The Morgan fingerprint density at radius 2 is 1.88 bits per heavy atom. The van der Waals surface area contributed by atoms with Crippen LogP contribution in [0.3, 0.4) is 0 Å². The molecule has 0 unspecified atom stereocenters. The van der Waals surface area contributed by atoms with Crippen LogP contribution < -0.4 is 19.5 Å². The minimum Gasteiger partial charge on any atom is -0.486 e. The van der Waals surface area contributed by atoms with Gasteiger partial charge in [-0.05, 0) is 13.5 Å². The van der Waals surface area contributed by atoms with E-state index < -0.39 is 25.5 Å². The van der Waals surface area contributed by atoms with Crippen LogP contribution in [0, 0.1) is 10.1 Å². The van der Waals surface area contributed by atoms with E-state index in [1.807, 2.05) is 13.8 Å². The molecule has 2 N–H and O–H groups in total. The number of ether oxygens (including phenoxy) is 2. The van der Waals surface area contributed by atoms with Crippen LogP contribution in [-0.2, 0) is 10.0 Å². The van der Waals surface area contributed by atoms with Crippen LogP contribution in [-0.4, -0.2) is 45.7 Å². The third kappa shape index (κ3) is 4.69. The molecule has 0 saturated carbocycles. The van der Waals surface area contributed by atoms with Gasteiger partial charge in [-0.3, -0.25) is 10.1 Å². The SMILES string of the molecule is CCN[C@H](C)CNS(=O)(=O)c1cc2c(cc1[N+](=O)[O-])OCCO2.Cl. The lowest BCUT2D eigenvalue weighted by atomic mass is 10.2. The second-order valence-electron chi connectivity index (χ2n) is 5.03. The van der Waals surface area contributed by atoms with Gasteiger partial charge in [-0.25, -0.2) is 13.1 Å². The largest absolute Gasteiger partial charge is 0.486 e. The molecule has 24 heavy (non-hydrogen) atoms. The second-order valence-corrected chi connectivity index (χ2v) is 6.77. The number of hydrogen-bond donors (Lipinski definition) is 2. The van der Waals surface area contributed by atoms with Crippen molar-refractivity contribution < 1.29 is 22.8 Å². The summed E-state index contributed by atoms with van der Waals surface area (Å²) in [7, 11) is -4.05. The number of likely N-dealkylation sites (N-methyl/N-ethyl adjacent to an activating group) is 1. The van der Waals surface area contributed by atoms with Crippen molar-refractivity contribution in [1.29, 1.82) is 0 Å². The van der Waals surface area contributed by atoms with Gasteiger partial charge in [0.2, 0.25) is 10.0 Å². The Kier molecular flexibility index (Phi) is 7.21. The number of nitrogens with one attached hydrogen (secondary N) is 2. The van der Waals surface area contributed by atoms with Crippen molar-refractivity contribution in [3.05, 3.63) is 22.2 Å². The highest BCUT2D eigenvalue weighted by atomic mass is 35.5. The maximum Gasteiger partial charge on any atom is 0.293 e. The van der Waals surface area contributed by atoms with Gasteiger partial charge in [0.05, 0.1) is 11.0 Å². The lowest BCUT2D eigenvalue weighted by Gasteiger charge is -2.19. The Bertz CT molecular complexity index is 697. The molecule has 0 amide bonds. The molecule has 2 rings (SSSR count). The summed E-state index contributed by atoms with van der Waals surface area (Å²) in [6, 6.07) is 2.11. The van der Waals surface area contributed by atoms with Gasteiger partial charge in [0.25, 0.3) is 5.69 Å². The average Bonchev–Trinajstić information content (AvgIpc) is 2.52. The van der Waals surface area contributed by atoms with Crippen molar-refractivity contribution in [1.82, 2.24) is 10.0 Å². The summed E-state index contributed by atoms with van der Waals surface area (Å²) in [5.74, 6) is 0.352. The zero-order valence-electron chi connectivity index (χ0n) is 13.3. The first-order valence-electron chi connectivity index (χ1n) is 7.16. The smallest absolute Gasteiger partial charge is 0.293 e. The molecule has 0 radical (unpaired) electrons. The molecule has 0 bridgehead atoms. The molecule has 0 aliphatic carbocycles. The first kappa shape index (κ1) is 20.4. The first-order valence-corrected chi connectivity index (χ1v) is 8.64. The van der Waals surface area contributed by atoms with Crippen LogP contribution in [0.5, 0.6) is 11.5 Å². The monoisotopic (exact) mass is 381 g/mol. The number of sulfonamides is 1. The van der Waals surface area contributed by atoms with Crippen LogP contribution in [0.15, 0.2) is 17.0 Å². The number of fused-ring (bicyclic) bond motifs is 1. The number of halogens is 1. The van der Waals surface area contributed by atoms with Crippen molar-refractivity contribution in [2.75, 3.05) is 26.3 Å². The number of rotatable bonds is 7. The van der Waals surface area contributed by atoms with Crippen LogP contribution in [0.4, 0.5) is 5.69 Å². The number of nitro groups is 1. The Labute approximate surface area is 146 Å². The van der Waals surface area contributed by atoms with Gasteiger partial charge in [0.1, 0.15) is 13.2 Å². The van der Waals surface area contributed by atoms with Gasteiger partial charge in [-0.2, -0.15) is 0 Å². The molecule has 9 nitrogen and oxygen atoms in total. The predicted octanol–water partition coefficient (Wildman–Crippen LogP) is 1.06. The minimum atomic E-state index is -4.05. The maximum atomic E-state index is 12.4. The third-order valence-corrected chi connectivity index (χ3v) is 4.69. The molecule has 0 aromatic heterocycles. The molecule has 1 atom stereocenters. The quantitative estimate of drug-likeness (QED) is 0.535. The zero-order valence-corrected chi connectivity index (χ0v) is 14.9. The van der Waals surface area contributed by atoms with Crippen LogP contribution in [0.1, 0.15) is 13.8 Å². The van der Waals surface area contributed by atoms with Crippen LogP contribution in [0.25, 0.3) is 0 Å². The first-order chi connectivity index (χ1) is 10.8. The Morgan fingerprint density at radius 3 is 2.42 bits per heavy atom. The van der Waals surface area contributed by atoms with E-state index in [0.29, 0.717) is 6.54 Å². The maximum absolute atomic E-state index is 12.4. The van der Waals surface area contributed by atoms with Crippen molar-refractivity contribution >= 4 is 28.1 Å². The average molecular weight is 382 g/mol. The van der Waals surface area contributed by atoms with Crippen molar-refractivity contribution in [3.8, 4) is 11.5 Å². The van der Waals surface area contributed by atoms with Crippen molar-refractivity contribution in [2.24, 2.45) is 0 Å². The fraction of sp³-hybridized carbons (Fsp3) is 0.538. The highest BCUT2D eigenvalue weighted by Crippen LogP contribution is 2.38. The van der Waals surface area contributed by atoms with Crippen LogP contribution in [0.2, 0.25) is 0 Å². The highest BCUT2D eigenvalue weighted by molar-refractivity contribution is 7.89. The molecule has 0 saturated heterocycles. The van der Waals surface area contributed by atoms with Gasteiger partial charge in [-0.15, -0.1) is 12.4 Å². The van der Waals surface area contributed by atoms with Crippen molar-refractivity contribution in [2.45, 2.75) is 24.8 Å². The summed E-state index contributed by atoms with van der Waals surface area (Å²) in [6.45, 7) is 5.03. The molecule has 0 fully saturated rings. The van der Waals surface area contributed by atoms with E-state index in [4.69, 9.17) is 9.47 Å². The fourth-order valence-corrected chi connectivity index (χ4v) is 3.45. The van der Waals surface area contributed by atoms with Gasteiger partial charge in [0, 0.05) is 18.7 Å². The van der Waals surface area contributed by atoms with Gasteiger partial charge >= 0.3 is 0 Å². The molecular formula is C13H20ClN3O6S. The Balaban J connectivity index is 0.00000288. The lowest BCUT2D eigenvalue weighted by molar-refractivity contribution is -0.388. The van der Waals surface area contributed by atoms with E-state index in [2.05, 4.69) is 10.0 Å². The summed E-state index contributed by atoms with van der Waals surface area (Å²) in [4.78, 5) is 10.0. The van der Waals surface area contributed by atoms with Gasteiger partial charge < -0.3 is 14.8 Å². The number of nitrogens with zero attached hydrogens (tertiary/aromatic N) is 1. The summed E-state index contributed by atoms with van der Waals surface area (Å²) < 4.78 is 37.8. The highest BCUT2D eigenvalue weighted by Gasteiger charge is 2.30. The predicted molar refractivity (Wildman–Crippen MR) is 89.7 cm³/mol. The van der Waals surface area contributed by atoms with E-state index in [1.165, 1.54) is 0 Å². The number of nitro benzene ring substituents is 1. The number of hydrogen-bond acceptors (Lipinski definition) is 7. The van der Waals surface area contributed by atoms with E-state index in [-0.39, 0.29) is 49.7 Å². The molecule has 1 aromatic rings. The van der Waals surface area contributed by atoms with E-state index in [0.717, 1.165) is 12.1 Å². The summed E-state index contributed by atoms with van der Waals surface area (Å²) in [5, 5.41) is 14.3. The van der Waals surface area contributed by atoms with E-state index >= 15 is 0 Å². The molecule has 1 aliphatic heterocycles. The number of benzene rings is 1. The molecule has 1 heterocycles. The molecule has 11 heteroatoms. The zero-order chi connectivity index (χ0) is 17.0. The molecule has 1 aromatic carbocycles. The molecular weight excluding hydrogens is 362 g/mol. The third-order valence-electron chi connectivity index (χ3n) is 3.24. The topological polar surface area (TPSA) is 120 Å². The summed E-state index contributed by atoms with van der Waals surface area (Å²) >= 11 is 0. The Morgan fingerprint density at radius 1 is 1.29 bits per heavy atom. The summed E-state index contributed by atoms with van der Waals surface area (Å²) in [6.07, 6.45) is 0. The van der Waals surface area contributed by atoms with E-state index in [9.17, 15) is 18.5 Å².